The smallest absolute Gasteiger partial charge is 0.301 e. The van der Waals surface area contributed by atoms with E-state index in [1.807, 2.05) is 6.07 Å². The number of likely N-dealkylation sites (N-methyl/N-ethyl adjacent to an activating group) is 1. The molecule has 1 atom stereocenters. The molecule has 11 nitrogen and oxygen atoms in total. The number of aromatic nitrogens is 2. The van der Waals surface area contributed by atoms with Crippen molar-refractivity contribution in [1.29, 1.82) is 5.26 Å². The molecule has 2 aliphatic rings. The number of aliphatic hydroxyl groups is 1. The summed E-state index contributed by atoms with van der Waals surface area (Å²) in [4.78, 5) is 9.32. The molecule has 0 saturated carbocycles. The van der Waals surface area contributed by atoms with Crippen LogP contribution in [0.1, 0.15) is 36.4 Å². The first-order chi connectivity index (χ1) is 18.7. The highest BCUT2D eigenvalue weighted by Crippen LogP contribution is 2.41. The lowest BCUT2D eigenvalue weighted by atomic mass is 9.85. The first-order valence-corrected chi connectivity index (χ1v) is 14.0. The molecule has 2 aliphatic heterocycles. The van der Waals surface area contributed by atoms with Gasteiger partial charge in [-0.2, -0.15) is 18.0 Å². The number of ether oxygens (including phenoxy) is 2. The van der Waals surface area contributed by atoms with Crippen molar-refractivity contribution in [2.75, 3.05) is 44.6 Å². The number of nitrogens with zero attached hydrogens (tertiary/aromatic N) is 4. The van der Waals surface area contributed by atoms with E-state index in [4.69, 9.17) is 19.6 Å². The van der Waals surface area contributed by atoms with E-state index in [1.165, 1.54) is 7.05 Å². The van der Waals surface area contributed by atoms with E-state index in [2.05, 4.69) is 15.0 Å². The monoisotopic (exact) mass is 556 g/mol. The number of benzene rings is 2. The largest absolute Gasteiger partial charge is 0.453 e. The van der Waals surface area contributed by atoms with Crippen LogP contribution in [0.15, 0.2) is 36.5 Å². The number of nitrogens with one attached hydrogen (secondary N) is 2. The highest BCUT2D eigenvalue weighted by atomic mass is 32.2. The summed E-state index contributed by atoms with van der Waals surface area (Å²) in [6.07, 6.45) is 4.55. The highest BCUT2D eigenvalue weighted by Gasteiger charge is 2.42. The summed E-state index contributed by atoms with van der Waals surface area (Å²) in [5.74, 6) is -0.948. The standard InChI is InChI=1S/C26H29FN6O5S/c1-33(10-11-34)39(35,36)32-21-5-3-20(27)25(19(21)14-28)38-18-2-4-22-23(12-18)31-24(15-30-22)17-13-26(37-16-17)6-8-29-9-7-26/h2-5,12,15,17,29,32,34H,6-11,13,16H2,1H3/t17-/m0/s1. The fraction of sp³-hybridized carbons (Fsp3) is 0.423. The van der Waals surface area contributed by atoms with Crippen LogP contribution in [0.4, 0.5) is 10.1 Å². The van der Waals surface area contributed by atoms with Crippen LogP contribution in [0.5, 0.6) is 11.5 Å². The van der Waals surface area contributed by atoms with Gasteiger partial charge in [0, 0.05) is 31.8 Å². The number of fused-ring (bicyclic) bond motifs is 1. The van der Waals surface area contributed by atoms with Crippen LogP contribution >= 0.6 is 0 Å². The number of piperidine rings is 1. The van der Waals surface area contributed by atoms with Gasteiger partial charge in [-0.3, -0.25) is 9.71 Å². The number of halogens is 1. The number of nitriles is 1. The summed E-state index contributed by atoms with van der Waals surface area (Å²) in [6.45, 7) is 1.88. The van der Waals surface area contributed by atoms with E-state index < -0.39 is 21.8 Å². The Bertz CT molecular complexity index is 1520. The van der Waals surface area contributed by atoms with Crippen LogP contribution in [-0.4, -0.2) is 73.3 Å². The Kier molecular flexibility index (Phi) is 7.66. The van der Waals surface area contributed by atoms with Crippen LogP contribution in [0.25, 0.3) is 11.0 Å². The minimum Gasteiger partial charge on any atom is -0.453 e. The maximum atomic E-state index is 14.8. The van der Waals surface area contributed by atoms with Crippen molar-refractivity contribution in [2.45, 2.75) is 30.8 Å². The zero-order valence-electron chi connectivity index (χ0n) is 21.4. The molecule has 1 spiro atoms. The molecule has 3 heterocycles. The molecule has 0 radical (unpaired) electrons. The van der Waals surface area contributed by atoms with E-state index in [1.54, 1.807) is 24.4 Å². The molecule has 2 aromatic carbocycles. The summed E-state index contributed by atoms with van der Waals surface area (Å²) < 4.78 is 55.0. The highest BCUT2D eigenvalue weighted by molar-refractivity contribution is 7.90. The fourth-order valence-electron chi connectivity index (χ4n) is 4.98. The van der Waals surface area contributed by atoms with Gasteiger partial charge in [0.2, 0.25) is 0 Å². The second-order valence-corrected chi connectivity index (χ2v) is 11.5. The molecule has 2 saturated heterocycles. The summed E-state index contributed by atoms with van der Waals surface area (Å²) in [7, 11) is -2.84. The Morgan fingerprint density at radius 3 is 2.85 bits per heavy atom. The van der Waals surface area contributed by atoms with E-state index in [9.17, 15) is 18.1 Å². The Balaban J connectivity index is 1.41. The molecule has 5 rings (SSSR count). The molecule has 1 aromatic heterocycles. The lowest BCUT2D eigenvalue weighted by molar-refractivity contribution is -0.0193. The zero-order valence-corrected chi connectivity index (χ0v) is 22.2. The molecule has 3 aromatic rings. The Morgan fingerprint density at radius 2 is 2.10 bits per heavy atom. The predicted octanol–water partition coefficient (Wildman–Crippen LogP) is 2.64. The number of anilines is 1. The second kappa shape index (κ2) is 11.0. The van der Waals surface area contributed by atoms with Gasteiger partial charge in [-0.05, 0) is 56.6 Å². The van der Waals surface area contributed by atoms with E-state index in [0.29, 0.717) is 17.6 Å². The molecular weight excluding hydrogens is 527 g/mol. The molecule has 206 valence electrons. The van der Waals surface area contributed by atoms with Crippen LogP contribution in [-0.2, 0) is 14.9 Å². The Morgan fingerprint density at radius 1 is 1.31 bits per heavy atom. The van der Waals surface area contributed by atoms with Gasteiger partial charge in [0.25, 0.3) is 0 Å². The average molecular weight is 557 g/mol. The van der Waals surface area contributed by atoms with Crippen LogP contribution < -0.4 is 14.8 Å². The van der Waals surface area contributed by atoms with Crippen molar-refractivity contribution in [3.63, 3.8) is 0 Å². The second-order valence-electron chi connectivity index (χ2n) is 9.76. The van der Waals surface area contributed by atoms with Gasteiger partial charge in [0.05, 0.1) is 41.2 Å². The molecule has 0 bridgehead atoms. The molecule has 3 N–H and O–H groups in total. The summed E-state index contributed by atoms with van der Waals surface area (Å²) in [6, 6.07) is 8.84. The van der Waals surface area contributed by atoms with E-state index in [0.717, 1.165) is 54.5 Å². The van der Waals surface area contributed by atoms with Gasteiger partial charge in [-0.15, -0.1) is 0 Å². The van der Waals surface area contributed by atoms with Crippen molar-refractivity contribution < 1.29 is 27.4 Å². The van der Waals surface area contributed by atoms with Gasteiger partial charge in [-0.25, -0.2) is 9.37 Å². The summed E-state index contributed by atoms with van der Waals surface area (Å²) in [5, 5.41) is 22.2. The van der Waals surface area contributed by atoms with Gasteiger partial charge < -0.3 is 19.9 Å². The Hall–Kier alpha value is -3.41. The topological polar surface area (TPSA) is 150 Å². The molecular formula is C26H29FN6O5S. The lowest BCUT2D eigenvalue weighted by Gasteiger charge is -2.32. The van der Waals surface area contributed by atoms with Crippen LogP contribution in [0.2, 0.25) is 0 Å². The number of hydrogen-bond donors (Lipinski definition) is 3. The predicted molar refractivity (Wildman–Crippen MR) is 141 cm³/mol. The molecule has 0 aliphatic carbocycles. The quantitative estimate of drug-likeness (QED) is 0.381. The molecule has 39 heavy (non-hydrogen) atoms. The number of rotatable bonds is 8. The van der Waals surface area contributed by atoms with Crippen molar-refractivity contribution in [1.82, 2.24) is 19.6 Å². The SMILES string of the molecule is CN(CCO)S(=O)(=O)Nc1ccc(F)c(Oc2ccc3ncc([C@@H]4COC5(CCNCC5)C4)nc3c2)c1C#N. The van der Waals surface area contributed by atoms with Crippen LogP contribution in [0.3, 0.4) is 0 Å². The minimum absolute atomic E-state index is 0.112. The first kappa shape index (κ1) is 27.2. The average Bonchev–Trinajstić information content (AvgIpc) is 3.33. The van der Waals surface area contributed by atoms with Crippen molar-refractivity contribution in [3.05, 3.63) is 53.6 Å². The minimum atomic E-state index is -4.10. The van der Waals surface area contributed by atoms with E-state index >= 15 is 0 Å². The van der Waals surface area contributed by atoms with Crippen molar-refractivity contribution >= 4 is 26.9 Å². The van der Waals surface area contributed by atoms with Crippen molar-refractivity contribution in [2.24, 2.45) is 0 Å². The Labute approximate surface area is 225 Å². The zero-order chi connectivity index (χ0) is 27.6. The van der Waals surface area contributed by atoms with Gasteiger partial charge in [-0.1, -0.05) is 0 Å². The van der Waals surface area contributed by atoms with Gasteiger partial charge >= 0.3 is 10.2 Å². The van der Waals surface area contributed by atoms with Gasteiger partial charge in [0.15, 0.2) is 11.6 Å². The molecule has 13 heteroatoms. The molecule has 2 fully saturated rings. The normalized spacial score (nSPS) is 18.9. The fourth-order valence-corrected chi connectivity index (χ4v) is 5.91. The first-order valence-electron chi connectivity index (χ1n) is 12.6. The summed E-state index contributed by atoms with van der Waals surface area (Å²) in [5.41, 5.74) is 1.36. The van der Waals surface area contributed by atoms with Crippen molar-refractivity contribution in [3.8, 4) is 17.6 Å². The van der Waals surface area contributed by atoms with Gasteiger partial charge in [0.1, 0.15) is 17.4 Å². The molecule has 0 amide bonds. The third-order valence-electron chi connectivity index (χ3n) is 7.18. The van der Waals surface area contributed by atoms with Crippen LogP contribution in [0, 0.1) is 17.1 Å². The summed E-state index contributed by atoms with van der Waals surface area (Å²) >= 11 is 0. The third kappa shape index (κ3) is 5.66. The lowest BCUT2D eigenvalue weighted by Crippen LogP contribution is -2.41. The number of hydrogen-bond acceptors (Lipinski definition) is 9. The third-order valence-corrected chi connectivity index (χ3v) is 8.66. The molecule has 0 unspecified atom stereocenters. The maximum Gasteiger partial charge on any atom is 0.301 e. The maximum absolute atomic E-state index is 14.8. The van der Waals surface area contributed by atoms with E-state index in [-0.39, 0.29) is 41.7 Å². The number of aliphatic hydroxyl groups excluding tert-OH is 1.